The number of carbonyl (C=O) groups excluding carboxylic acids is 1. The van der Waals surface area contributed by atoms with Gasteiger partial charge in [-0.15, -0.1) is 0 Å². The summed E-state index contributed by atoms with van der Waals surface area (Å²) in [6.07, 6.45) is -0.612. The van der Waals surface area contributed by atoms with Crippen LogP contribution in [0.25, 0.3) is 0 Å². The summed E-state index contributed by atoms with van der Waals surface area (Å²) in [4.78, 5) is 11.1. The Balaban J connectivity index is 2.79. The van der Waals surface area contributed by atoms with E-state index in [1.807, 2.05) is 0 Å². The lowest BCUT2D eigenvalue weighted by molar-refractivity contribution is 0.180. The van der Waals surface area contributed by atoms with Crippen LogP contribution in [-0.2, 0) is 4.74 Å². The number of amides is 1. The lowest BCUT2D eigenvalue weighted by Crippen LogP contribution is -2.13. The number of methoxy groups -OCH3 is 1. The molecule has 0 aliphatic carbocycles. The molecule has 0 heterocycles. The van der Waals surface area contributed by atoms with E-state index < -0.39 is 6.09 Å². The molecule has 6 heteroatoms. The first kappa shape index (κ1) is 12.1. The number of nitrogens with one attached hydrogen (secondary N) is 1. The third-order valence-corrected chi connectivity index (χ3v) is 2.40. The summed E-state index contributed by atoms with van der Waals surface area (Å²) in [7, 11) is 1.55. The maximum atomic E-state index is 11.1. The molecular weight excluding hydrogens is 285 g/mol. The van der Waals surface area contributed by atoms with Crippen LogP contribution in [0.1, 0.15) is 0 Å². The van der Waals surface area contributed by atoms with E-state index in [4.69, 9.17) is 16.3 Å². The topological polar surface area (TPSA) is 47.6 Å². The summed E-state index contributed by atoms with van der Waals surface area (Å²) in [5.74, 6) is 0.638. The van der Waals surface area contributed by atoms with Crippen LogP contribution in [0, 0.1) is 0 Å². The highest BCUT2D eigenvalue weighted by molar-refractivity contribution is 9.10. The predicted molar refractivity (Wildman–Crippen MR) is 61.5 cm³/mol. The Morgan fingerprint density at radius 1 is 1.60 bits per heavy atom. The number of alkyl halides is 1. The standard InChI is InChI=1S/C9H9BrClNO3/c1-14-6-2-3-7(10)8(4-6)12-9(13)15-5-11/h2-4H,5H2,1H3,(H,12,13). The molecule has 1 aromatic carbocycles. The first-order valence-electron chi connectivity index (χ1n) is 4.00. The SMILES string of the molecule is COc1ccc(Br)c(NC(=O)OCCl)c1. The molecule has 82 valence electrons. The first-order chi connectivity index (χ1) is 7.17. The van der Waals surface area contributed by atoms with E-state index >= 15 is 0 Å². The van der Waals surface area contributed by atoms with Crippen LogP contribution in [0.5, 0.6) is 5.75 Å². The van der Waals surface area contributed by atoms with Gasteiger partial charge in [-0.3, -0.25) is 5.32 Å². The van der Waals surface area contributed by atoms with Crippen molar-refractivity contribution in [3.8, 4) is 5.75 Å². The number of anilines is 1. The van der Waals surface area contributed by atoms with Gasteiger partial charge in [0.05, 0.1) is 12.8 Å². The summed E-state index contributed by atoms with van der Waals surface area (Å²) in [5, 5.41) is 2.51. The molecule has 0 atom stereocenters. The van der Waals surface area contributed by atoms with Crippen LogP contribution >= 0.6 is 27.5 Å². The van der Waals surface area contributed by atoms with E-state index in [1.54, 1.807) is 25.3 Å². The summed E-state index contributed by atoms with van der Waals surface area (Å²) >= 11 is 8.52. The first-order valence-corrected chi connectivity index (χ1v) is 5.33. The summed E-state index contributed by atoms with van der Waals surface area (Å²) in [6.45, 7) is 0. The van der Waals surface area contributed by atoms with Crippen LogP contribution in [-0.4, -0.2) is 19.3 Å². The molecule has 1 N–H and O–H groups in total. The van der Waals surface area contributed by atoms with Gasteiger partial charge in [-0.1, -0.05) is 11.6 Å². The maximum Gasteiger partial charge on any atom is 0.412 e. The van der Waals surface area contributed by atoms with Crippen molar-refractivity contribution in [2.45, 2.75) is 0 Å². The fraction of sp³-hybridized carbons (Fsp3) is 0.222. The van der Waals surface area contributed by atoms with Gasteiger partial charge in [0.1, 0.15) is 5.75 Å². The van der Waals surface area contributed by atoms with Gasteiger partial charge in [-0.05, 0) is 28.1 Å². The van der Waals surface area contributed by atoms with Crippen molar-refractivity contribution in [2.24, 2.45) is 0 Å². The molecule has 0 unspecified atom stereocenters. The molecular formula is C9H9BrClNO3. The van der Waals surface area contributed by atoms with Gasteiger partial charge in [0.25, 0.3) is 0 Å². The molecule has 0 bridgehead atoms. The number of hydrogen-bond donors (Lipinski definition) is 1. The van der Waals surface area contributed by atoms with Gasteiger partial charge in [0.2, 0.25) is 0 Å². The molecule has 0 saturated carbocycles. The molecule has 0 aliphatic rings. The second-order valence-electron chi connectivity index (χ2n) is 2.51. The van der Waals surface area contributed by atoms with Crippen molar-refractivity contribution in [1.82, 2.24) is 0 Å². The average Bonchev–Trinajstić information content (AvgIpc) is 2.21. The van der Waals surface area contributed by atoms with Gasteiger partial charge in [0.15, 0.2) is 6.07 Å². The molecule has 4 nitrogen and oxygen atoms in total. The van der Waals surface area contributed by atoms with Gasteiger partial charge in [-0.25, -0.2) is 4.79 Å². The Hall–Kier alpha value is -0.940. The highest BCUT2D eigenvalue weighted by atomic mass is 79.9. The molecule has 1 amide bonds. The normalized spacial score (nSPS) is 9.53. The Bertz CT molecular complexity index is 359. The Kier molecular flexibility index (Phi) is 4.71. The lowest BCUT2D eigenvalue weighted by atomic mass is 10.3. The molecule has 0 saturated heterocycles. The molecule has 1 rings (SSSR count). The quantitative estimate of drug-likeness (QED) is 0.871. The minimum atomic E-state index is -0.612. The van der Waals surface area contributed by atoms with Crippen LogP contribution in [0.2, 0.25) is 0 Å². The van der Waals surface area contributed by atoms with E-state index in [9.17, 15) is 4.79 Å². The fourth-order valence-corrected chi connectivity index (χ4v) is 1.37. The van der Waals surface area contributed by atoms with Crippen molar-refractivity contribution in [3.05, 3.63) is 22.7 Å². The molecule has 15 heavy (non-hydrogen) atoms. The van der Waals surface area contributed by atoms with Crippen molar-refractivity contribution in [2.75, 3.05) is 18.5 Å². The van der Waals surface area contributed by atoms with Gasteiger partial charge in [-0.2, -0.15) is 0 Å². The fourth-order valence-electron chi connectivity index (χ4n) is 0.923. The number of rotatable bonds is 3. The summed E-state index contributed by atoms with van der Waals surface area (Å²) in [5.41, 5.74) is 0.560. The Morgan fingerprint density at radius 3 is 2.93 bits per heavy atom. The van der Waals surface area contributed by atoms with Gasteiger partial charge >= 0.3 is 6.09 Å². The van der Waals surface area contributed by atoms with Crippen molar-refractivity contribution < 1.29 is 14.3 Å². The smallest absolute Gasteiger partial charge is 0.412 e. The van der Waals surface area contributed by atoms with E-state index in [1.165, 1.54) is 0 Å². The zero-order valence-corrected chi connectivity index (χ0v) is 10.3. The number of carbonyl (C=O) groups is 1. The van der Waals surface area contributed by atoms with E-state index in [2.05, 4.69) is 26.0 Å². The minimum absolute atomic E-state index is 0.187. The summed E-state index contributed by atoms with van der Waals surface area (Å²) < 4.78 is 10.3. The van der Waals surface area contributed by atoms with Crippen molar-refractivity contribution in [1.29, 1.82) is 0 Å². The molecule has 1 aromatic rings. The van der Waals surface area contributed by atoms with E-state index in [0.29, 0.717) is 11.4 Å². The van der Waals surface area contributed by atoms with Crippen molar-refractivity contribution >= 4 is 39.3 Å². The van der Waals surface area contributed by atoms with Crippen LogP contribution < -0.4 is 10.1 Å². The monoisotopic (exact) mass is 293 g/mol. The second-order valence-corrected chi connectivity index (χ2v) is 3.58. The number of halogens is 2. The molecule has 0 fully saturated rings. The number of benzene rings is 1. The molecule has 0 aliphatic heterocycles. The number of hydrogen-bond acceptors (Lipinski definition) is 3. The Morgan fingerprint density at radius 2 is 2.33 bits per heavy atom. The van der Waals surface area contributed by atoms with Crippen molar-refractivity contribution in [3.63, 3.8) is 0 Å². The van der Waals surface area contributed by atoms with Crippen LogP contribution in [0.3, 0.4) is 0 Å². The third-order valence-electron chi connectivity index (χ3n) is 1.60. The predicted octanol–water partition coefficient (Wildman–Crippen LogP) is 3.20. The molecule has 0 radical (unpaired) electrons. The van der Waals surface area contributed by atoms with Gasteiger partial charge in [0, 0.05) is 10.5 Å². The third kappa shape index (κ3) is 3.60. The molecule has 0 spiro atoms. The Labute approximate surface area is 101 Å². The lowest BCUT2D eigenvalue weighted by Gasteiger charge is -2.08. The van der Waals surface area contributed by atoms with Crippen LogP contribution in [0.15, 0.2) is 22.7 Å². The highest BCUT2D eigenvalue weighted by Gasteiger charge is 2.06. The zero-order chi connectivity index (χ0) is 11.3. The van der Waals surface area contributed by atoms with E-state index in [0.717, 1.165) is 4.47 Å². The second kappa shape index (κ2) is 5.82. The molecule has 0 aromatic heterocycles. The minimum Gasteiger partial charge on any atom is -0.497 e. The van der Waals surface area contributed by atoms with E-state index in [-0.39, 0.29) is 6.07 Å². The highest BCUT2D eigenvalue weighted by Crippen LogP contribution is 2.27. The zero-order valence-electron chi connectivity index (χ0n) is 7.92. The average molecular weight is 295 g/mol. The number of ether oxygens (including phenoxy) is 2. The maximum absolute atomic E-state index is 11.1. The van der Waals surface area contributed by atoms with Gasteiger partial charge < -0.3 is 9.47 Å². The largest absolute Gasteiger partial charge is 0.497 e. The summed E-state index contributed by atoms with van der Waals surface area (Å²) in [6, 6.07) is 5.00. The van der Waals surface area contributed by atoms with Crippen LogP contribution in [0.4, 0.5) is 10.5 Å².